The third kappa shape index (κ3) is 3.96. The summed E-state index contributed by atoms with van der Waals surface area (Å²) in [5, 5.41) is 11.0. The van der Waals surface area contributed by atoms with Crippen LogP contribution in [0.2, 0.25) is 0 Å². The minimum Gasteiger partial charge on any atom is -0.423 e. The van der Waals surface area contributed by atoms with Crippen LogP contribution in [-0.2, 0) is 0 Å². The maximum atomic E-state index is 12.5. The average molecular weight is 375 g/mol. The third-order valence-electron chi connectivity index (χ3n) is 4.32. The molecule has 6 nitrogen and oxygen atoms in total. The molecule has 0 aromatic heterocycles. The van der Waals surface area contributed by atoms with E-state index in [9.17, 15) is 19.7 Å². The van der Waals surface area contributed by atoms with E-state index in [0.29, 0.717) is 22.3 Å². The summed E-state index contributed by atoms with van der Waals surface area (Å²) in [6.45, 7) is 3.32. The minimum absolute atomic E-state index is 0.0844. The molecule has 0 aliphatic heterocycles. The summed E-state index contributed by atoms with van der Waals surface area (Å²) < 4.78 is 5.37. The van der Waals surface area contributed by atoms with E-state index < -0.39 is 10.9 Å². The zero-order valence-electron chi connectivity index (χ0n) is 15.3. The number of hydrogen-bond acceptors (Lipinski definition) is 5. The number of rotatable bonds is 5. The second kappa shape index (κ2) is 7.84. The predicted molar refractivity (Wildman–Crippen MR) is 104 cm³/mol. The Morgan fingerprint density at radius 2 is 1.50 bits per heavy atom. The first-order valence-electron chi connectivity index (χ1n) is 8.54. The standard InChI is InChI=1S/C22H17NO5/c1-14-8-9-18(13-19(14)23(26)27)22(25)28-20-11-10-17(12-15(20)2)21(24)16-6-4-3-5-7-16/h3-13H,1-2H3. The molecule has 0 heterocycles. The normalized spacial score (nSPS) is 10.4. The fourth-order valence-electron chi connectivity index (χ4n) is 2.75. The Morgan fingerprint density at radius 1 is 0.821 bits per heavy atom. The van der Waals surface area contributed by atoms with Crippen molar-refractivity contribution < 1.29 is 19.2 Å². The highest BCUT2D eigenvalue weighted by Gasteiger charge is 2.18. The van der Waals surface area contributed by atoms with Crippen molar-refractivity contribution in [2.75, 3.05) is 0 Å². The lowest BCUT2D eigenvalue weighted by atomic mass is 10.0. The van der Waals surface area contributed by atoms with Gasteiger partial charge in [0.2, 0.25) is 0 Å². The maximum Gasteiger partial charge on any atom is 0.343 e. The summed E-state index contributed by atoms with van der Waals surface area (Å²) in [7, 11) is 0. The van der Waals surface area contributed by atoms with Crippen LogP contribution in [0, 0.1) is 24.0 Å². The predicted octanol–water partition coefficient (Wildman–Crippen LogP) is 4.66. The van der Waals surface area contributed by atoms with E-state index >= 15 is 0 Å². The van der Waals surface area contributed by atoms with E-state index in [4.69, 9.17) is 4.74 Å². The average Bonchev–Trinajstić information content (AvgIpc) is 2.69. The number of carbonyl (C=O) groups is 2. The van der Waals surface area contributed by atoms with Crippen molar-refractivity contribution in [1.82, 2.24) is 0 Å². The Bertz CT molecular complexity index is 1070. The van der Waals surface area contributed by atoms with Crippen molar-refractivity contribution in [3.05, 3.63) is 105 Å². The molecule has 0 amide bonds. The highest BCUT2D eigenvalue weighted by atomic mass is 16.6. The van der Waals surface area contributed by atoms with E-state index in [-0.39, 0.29) is 22.8 Å². The van der Waals surface area contributed by atoms with Crippen LogP contribution in [0.3, 0.4) is 0 Å². The van der Waals surface area contributed by atoms with Gasteiger partial charge < -0.3 is 4.74 Å². The van der Waals surface area contributed by atoms with Gasteiger partial charge in [0.1, 0.15) is 5.75 Å². The van der Waals surface area contributed by atoms with E-state index in [1.807, 2.05) is 6.07 Å². The SMILES string of the molecule is Cc1cc(C(=O)c2ccccc2)ccc1OC(=O)c1ccc(C)c([N+](=O)[O-])c1. The number of ether oxygens (including phenoxy) is 1. The molecule has 0 aliphatic carbocycles. The van der Waals surface area contributed by atoms with Gasteiger partial charge in [0.15, 0.2) is 5.78 Å². The number of nitro groups is 1. The summed E-state index contributed by atoms with van der Waals surface area (Å²) >= 11 is 0. The van der Waals surface area contributed by atoms with Gasteiger partial charge in [-0.25, -0.2) is 4.79 Å². The van der Waals surface area contributed by atoms with Crippen LogP contribution in [0.4, 0.5) is 5.69 Å². The molecule has 140 valence electrons. The van der Waals surface area contributed by atoms with Crippen LogP contribution in [0.5, 0.6) is 5.75 Å². The molecule has 28 heavy (non-hydrogen) atoms. The molecule has 0 bridgehead atoms. The summed E-state index contributed by atoms with van der Waals surface area (Å²) in [5.41, 5.74) is 2.06. The third-order valence-corrected chi connectivity index (χ3v) is 4.32. The molecule has 6 heteroatoms. The van der Waals surface area contributed by atoms with Gasteiger partial charge in [0.05, 0.1) is 10.5 Å². The lowest BCUT2D eigenvalue weighted by molar-refractivity contribution is -0.385. The van der Waals surface area contributed by atoms with E-state index in [1.54, 1.807) is 56.3 Å². The van der Waals surface area contributed by atoms with E-state index in [2.05, 4.69) is 0 Å². The quantitative estimate of drug-likeness (QED) is 0.213. The van der Waals surface area contributed by atoms with Gasteiger partial charge in [-0.1, -0.05) is 36.4 Å². The van der Waals surface area contributed by atoms with Crippen molar-refractivity contribution in [3.63, 3.8) is 0 Å². The smallest absolute Gasteiger partial charge is 0.343 e. The summed E-state index contributed by atoms with van der Waals surface area (Å²) in [6, 6.07) is 17.8. The van der Waals surface area contributed by atoms with Gasteiger partial charge in [-0.05, 0) is 43.7 Å². The van der Waals surface area contributed by atoms with Crippen LogP contribution in [0.1, 0.15) is 37.4 Å². The number of benzene rings is 3. The van der Waals surface area contributed by atoms with Gasteiger partial charge in [-0.15, -0.1) is 0 Å². The second-order valence-corrected chi connectivity index (χ2v) is 6.32. The molecule has 0 radical (unpaired) electrons. The van der Waals surface area contributed by atoms with Gasteiger partial charge in [0.25, 0.3) is 5.69 Å². The van der Waals surface area contributed by atoms with Crippen LogP contribution < -0.4 is 4.74 Å². The molecule has 3 rings (SSSR count). The second-order valence-electron chi connectivity index (χ2n) is 6.32. The minimum atomic E-state index is -0.701. The van der Waals surface area contributed by atoms with Crippen LogP contribution in [0.25, 0.3) is 0 Å². The highest BCUT2D eigenvalue weighted by Crippen LogP contribution is 2.24. The number of nitro benzene ring substituents is 1. The first-order chi connectivity index (χ1) is 13.4. The molecule has 0 spiro atoms. The highest BCUT2D eigenvalue weighted by molar-refractivity contribution is 6.09. The first-order valence-corrected chi connectivity index (χ1v) is 8.54. The Balaban J connectivity index is 1.82. The Labute approximate surface area is 161 Å². The number of aryl methyl sites for hydroxylation is 2. The lowest BCUT2D eigenvalue weighted by Gasteiger charge is -2.09. The van der Waals surface area contributed by atoms with Crippen molar-refractivity contribution >= 4 is 17.4 Å². The lowest BCUT2D eigenvalue weighted by Crippen LogP contribution is -2.10. The molecule has 3 aromatic carbocycles. The Kier molecular flexibility index (Phi) is 5.31. The van der Waals surface area contributed by atoms with E-state index in [0.717, 1.165) is 0 Å². The molecule has 0 atom stereocenters. The molecular formula is C22H17NO5. The molecule has 0 fully saturated rings. The molecule has 0 aliphatic rings. The molecule has 0 unspecified atom stereocenters. The van der Waals surface area contributed by atoms with Crippen molar-refractivity contribution in [1.29, 1.82) is 0 Å². The Morgan fingerprint density at radius 3 is 2.14 bits per heavy atom. The first kappa shape index (κ1) is 19.0. The van der Waals surface area contributed by atoms with Crippen LogP contribution >= 0.6 is 0 Å². The number of nitrogens with zero attached hydrogens (tertiary/aromatic N) is 1. The zero-order chi connectivity index (χ0) is 20.3. The van der Waals surface area contributed by atoms with E-state index in [1.165, 1.54) is 18.2 Å². The molecule has 0 saturated heterocycles. The van der Waals surface area contributed by atoms with Crippen molar-refractivity contribution in [3.8, 4) is 5.75 Å². The maximum absolute atomic E-state index is 12.5. The van der Waals surface area contributed by atoms with Crippen molar-refractivity contribution in [2.45, 2.75) is 13.8 Å². The summed E-state index contributed by atoms with van der Waals surface area (Å²) in [4.78, 5) is 35.4. The topological polar surface area (TPSA) is 86.5 Å². The number of ketones is 1. The van der Waals surface area contributed by atoms with Gasteiger partial charge in [-0.2, -0.15) is 0 Å². The monoisotopic (exact) mass is 375 g/mol. The number of hydrogen-bond donors (Lipinski definition) is 0. The zero-order valence-corrected chi connectivity index (χ0v) is 15.3. The fourth-order valence-corrected chi connectivity index (χ4v) is 2.75. The molecular weight excluding hydrogens is 358 g/mol. The van der Waals surface area contributed by atoms with Crippen molar-refractivity contribution in [2.24, 2.45) is 0 Å². The van der Waals surface area contributed by atoms with Gasteiger partial charge in [0, 0.05) is 22.8 Å². The summed E-state index contributed by atoms with van der Waals surface area (Å²) in [6.07, 6.45) is 0. The Hall–Kier alpha value is -3.80. The number of esters is 1. The largest absolute Gasteiger partial charge is 0.423 e. The number of carbonyl (C=O) groups excluding carboxylic acids is 2. The van der Waals surface area contributed by atoms with Crippen LogP contribution in [-0.4, -0.2) is 16.7 Å². The van der Waals surface area contributed by atoms with Gasteiger partial charge >= 0.3 is 5.97 Å². The molecule has 3 aromatic rings. The molecule has 0 saturated carbocycles. The molecule has 0 N–H and O–H groups in total. The summed E-state index contributed by atoms with van der Waals surface area (Å²) in [5.74, 6) is -0.540. The van der Waals surface area contributed by atoms with Crippen LogP contribution in [0.15, 0.2) is 66.7 Å². The van der Waals surface area contributed by atoms with Gasteiger partial charge in [-0.3, -0.25) is 14.9 Å². The fraction of sp³-hybridized carbons (Fsp3) is 0.0909.